The molecule has 1 heterocycles. The van der Waals surface area contributed by atoms with Gasteiger partial charge < -0.3 is 9.64 Å². The molecule has 1 aromatic rings. The molecule has 0 N–H and O–H groups in total. The van der Waals surface area contributed by atoms with Crippen LogP contribution in [0.15, 0.2) is 18.2 Å². The highest BCUT2D eigenvalue weighted by Crippen LogP contribution is 2.40. The summed E-state index contributed by atoms with van der Waals surface area (Å²) in [5.74, 6) is 3.62. The van der Waals surface area contributed by atoms with Crippen molar-refractivity contribution in [2.45, 2.75) is 51.9 Å². The van der Waals surface area contributed by atoms with Crippen molar-refractivity contribution in [3.05, 3.63) is 23.8 Å². The highest BCUT2D eigenvalue weighted by atomic mass is 16.5. The number of benzene rings is 1. The SMILES string of the molecule is COc1cc(C(C)C)ccc1N1CCC(C2CCC2)CC1. The van der Waals surface area contributed by atoms with E-state index in [9.17, 15) is 0 Å². The van der Waals surface area contributed by atoms with Gasteiger partial charge in [-0.15, -0.1) is 0 Å². The summed E-state index contributed by atoms with van der Waals surface area (Å²) in [4.78, 5) is 2.53. The summed E-state index contributed by atoms with van der Waals surface area (Å²) in [6, 6.07) is 6.75. The van der Waals surface area contributed by atoms with Crippen LogP contribution in [0.1, 0.15) is 57.4 Å². The van der Waals surface area contributed by atoms with Gasteiger partial charge in [0.2, 0.25) is 0 Å². The first-order valence-electron chi connectivity index (χ1n) is 8.62. The van der Waals surface area contributed by atoms with E-state index in [0.717, 1.165) is 17.6 Å². The molecule has 0 spiro atoms. The molecule has 21 heavy (non-hydrogen) atoms. The van der Waals surface area contributed by atoms with Crippen LogP contribution in [0.25, 0.3) is 0 Å². The molecule has 2 aliphatic rings. The summed E-state index contributed by atoms with van der Waals surface area (Å²) in [6.07, 6.45) is 7.16. The topological polar surface area (TPSA) is 12.5 Å². The van der Waals surface area contributed by atoms with E-state index >= 15 is 0 Å². The minimum Gasteiger partial charge on any atom is -0.495 e. The van der Waals surface area contributed by atoms with Gasteiger partial charge in [0.25, 0.3) is 0 Å². The maximum atomic E-state index is 5.65. The van der Waals surface area contributed by atoms with E-state index in [0.29, 0.717) is 5.92 Å². The van der Waals surface area contributed by atoms with Gasteiger partial charge in [-0.05, 0) is 48.3 Å². The predicted molar refractivity (Wildman–Crippen MR) is 89.4 cm³/mol. The number of hydrogen-bond donors (Lipinski definition) is 0. The average molecular weight is 287 g/mol. The number of rotatable bonds is 4. The second kappa shape index (κ2) is 6.29. The molecular formula is C19H29NO. The van der Waals surface area contributed by atoms with Gasteiger partial charge in [-0.25, -0.2) is 0 Å². The van der Waals surface area contributed by atoms with Gasteiger partial charge in [-0.3, -0.25) is 0 Å². The van der Waals surface area contributed by atoms with Crippen LogP contribution in [-0.4, -0.2) is 20.2 Å². The van der Waals surface area contributed by atoms with Gasteiger partial charge in [0.15, 0.2) is 0 Å². The Balaban J connectivity index is 1.69. The van der Waals surface area contributed by atoms with E-state index in [1.165, 1.54) is 56.4 Å². The molecule has 2 nitrogen and oxygen atoms in total. The van der Waals surface area contributed by atoms with E-state index in [2.05, 4.69) is 36.9 Å². The molecular weight excluding hydrogens is 258 g/mol. The number of nitrogens with zero attached hydrogens (tertiary/aromatic N) is 1. The molecule has 1 aliphatic heterocycles. The number of methoxy groups -OCH3 is 1. The number of hydrogen-bond acceptors (Lipinski definition) is 2. The van der Waals surface area contributed by atoms with Gasteiger partial charge in [0.1, 0.15) is 5.75 Å². The summed E-state index contributed by atoms with van der Waals surface area (Å²) in [5, 5.41) is 0. The third kappa shape index (κ3) is 3.04. The van der Waals surface area contributed by atoms with E-state index in [-0.39, 0.29) is 0 Å². The fourth-order valence-electron chi connectivity index (χ4n) is 3.84. The zero-order valence-electron chi connectivity index (χ0n) is 13.8. The minimum absolute atomic E-state index is 0.553. The average Bonchev–Trinajstić information content (AvgIpc) is 2.45. The molecule has 0 aromatic heterocycles. The molecule has 1 saturated carbocycles. The van der Waals surface area contributed by atoms with Crippen LogP contribution in [0.4, 0.5) is 5.69 Å². The fraction of sp³-hybridized carbons (Fsp3) is 0.684. The molecule has 0 bridgehead atoms. The van der Waals surface area contributed by atoms with Crippen molar-refractivity contribution < 1.29 is 4.74 Å². The van der Waals surface area contributed by atoms with Gasteiger partial charge in [0.05, 0.1) is 12.8 Å². The van der Waals surface area contributed by atoms with E-state index in [1.54, 1.807) is 7.11 Å². The zero-order chi connectivity index (χ0) is 14.8. The van der Waals surface area contributed by atoms with Crippen LogP contribution in [0.5, 0.6) is 5.75 Å². The van der Waals surface area contributed by atoms with Crippen molar-refractivity contribution in [1.82, 2.24) is 0 Å². The summed E-state index contributed by atoms with van der Waals surface area (Å²) in [5.41, 5.74) is 2.65. The number of anilines is 1. The molecule has 116 valence electrons. The first kappa shape index (κ1) is 14.7. The largest absolute Gasteiger partial charge is 0.495 e. The molecule has 2 heteroatoms. The Morgan fingerprint density at radius 2 is 1.71 bits per heavy atom. The Bertz CT molecular complexity index is 470. The molecule has 0 amide bonds. The molecule has 3 rings (SSSR count). The summed E-state index contributed by atoms with van der Waals surface area (Å²) in [7, 11) is 1.80. The quantitative estimate of drug-likeness (QED) is 0.786. The predicted octanol–water partition coefficient (Wildman–Crippen LogP) is 4.84. The summed E-state index contributed by atoms with van der Waals surface area (Å²) >= 11 is 0. The molecule has 1 aliphatic carbocycles. The number of ether oxygens (including phenoxy) is 1. The van der Waals surface area contributed by atoms with Crippen molar-refractivity contribution in [2.75, 3.05) is 25.1 Å². The van der Waals surface area contributed by atoms with Crippen molar-refractivity contribution in [1.29, 1.82) is 0 Å². The van der Waals surface area contributed by atoms with Crippen molar-refractivity contribution in [3.63, 3.8) is 0 Å². The molecule has 1 aromatic carbocycles. The van der Waals surface area contributed by atoms with Crippen LogP contribution >= 0.6 is 0 Å². The van der Waals surface area contributed by atoms with Gasteiger partial charge in [-0.2, -0.15) is 0 Å². The first-order chi connectivity index (χ1) is 10.2. The molecule has 0 radical (unpaired) electrons. The third-order valence-electron chi connectivity index (χ3n) is 5.57. The van der Waals surface area contributed by atoms with Crippen molar-refractivity contribution in [2.24, 2.45) is 11.8 Å². The van der Waals surface area contributed by atoms with Gasteiger partial charge in [-0.1, -0.05) is 39.2 Å². The second-order valence-electron chi connectivity index (χ2n) is 7.10. The van der Waals surface area contributed by atoms with Crippen LogP contribution < -0.4 is 9.64 Å². The Morgan fingerprint density at radius 3 is 2.24 bits per heavy atom. The van der Waals surface area contributed by atoms with E-state index in [1.807, 2.05) is 0 Å². The van der Waals surface area contributed by atoms with Gasteiger partial charge in [0, 0.05) is 13.1 Å². The van der Waals surface area contributed by atoms with Crippen LogP contribution in [-0.2, 0) is 0 Å². The monoisotopic (exact) mass is 287 g/mol. The first-order valence-corrected chi connectivity index (χ1v) is 8.62. The summed E-state index contributed by atoms with van der Waals surface area (Å²) < 4.78 is 5.65. The fourth-order valence-corrected chi connectivity index (χ4v) is 3.84. The van der Waals surface area contributed by atoms with Crippen molar-refractivity contribution in [3.8, 4) is 5.75 Å². The Kier molecular flexibility index (Phi) is 4.42. The molecule has 2 fully saturated rings. The van der Waals surface area contributed by atoms with E-state index in [4.69, 9.17) is 4.74 Å². The Labute approximate surface area is 129 Å². The second-order valence-corrected chi connectivity index (χ2v) is 7.10. The smallest absolute Gasteiger partial charge is 0.142 e. The lowest BCUT2D eigenvalue weighted by Crippen LogP contribution is -2.37. The van der Waals surface area contributed by atoms with Crippen LogP contribution in [0.3, 0.4) is 0 Å². The normalized spacial score (nSPS) is 20.7. The van der Waals surface area contributed by atoms with E-state index < -0.39 is 0 Å². The maximum absolute atomic E-state index is 5.65. The standard InChI is InChI=1S/C19H29NO/c1-14(2)17-7-8-18(19(13-17)21-3)20-11-9-16(10-12-20)15-5-4-6-15/h7-8,13-16H,4-6,9-12H2,1-3H3. The number of piperidine rings is 1. The lowest BCUT2D eigenvalue weighted by Gasteiger charge is -2.41. The van der Waals surface area contributed by atoms with Gasteiger partial charge >= 0.3 is 0 Å². The maximum Gasteiger partial charge on any atom is 0.142 e. The Morgan fingerprint density at radius 1 is 1.05 bits per heavy atom. The van der Waals surface area contributed by atoms with Crippen LogP contribution in [0, 0.1) is 11.8 Å². The lowest BCUT2D eigenvalue weighted by atomic mass is 9.72. The molecule has 0 atom stereocenters. The van der Waals surface area contributed by atoms with Crippen LogP contribution in [0.2, 0.25) is 0 Å². The molecule has 0 unspecified atom stereocenters. The lowest BCUT2D eigenvalue weighted by molar-refractivity contribution is 0.176. The third-order valence-corrected chi connectivity index (χ3v) is 5.57. The molecule has 1 saturated heterocycles. The Hall–Kier alpha value is -1.18. The highest BCUT2D eigenvalue weighted by molar-refractivity contribution is 5.60. The van der Waals surface area contributed by atoms with Crippen molar-refractivity contribution >= 4 is 5.69 Å². The summed E-state index contributed by atoms with van der Waals surface area (Å²) in [6.45, 7) is 6.86. The minimum atomic E-state index is 0.553. The zero-order valence-corrected chi connectivity index (χ0v) is 13.8. The highest BCUT2D eigenvalue weighted by Gasteiger charge is 2.30.